The monoisotopic (exact) mass is 185 g/mol. The highest BCUT2D eigenvalue weighted by Gasteiger charge is 2.00. The molecule has 1 unspecified atom stereocenters. The van der Waals surface area contributed by atoms with E-state index in [9.17, 15) is 4.79 Å². The molecule has 0 aliphatic rings. The van der Waals surface area contributed by atoms with Crippen molar-refractivity contribution in [3.63, 3.8) is 0 Å². The molecule has 0 aliphatic carbocycles. The van der Waals surface area contributed by atoms with E-state index in [-0.39, 0.29) is 11.2 Å². The maximum absolute atomic E-state index is 11.0. The number of carbonyl (C=O) groups excluding carboxylic acids is 1. The number of hydrogen-bond donors (Lipinski definition) is 2. The maximum atomic E-state index is 11.0. The number of terminal acetylenes is 1. The summed E-state index contributed by atoms with van der Waals surface area (Å²) in [6.07, 6.45) is 7.00. The predicted octanol–water partition coefficient (Wildman–Crippen LogP) is 1.22. The van der Waals surface area contributed by atoms with Gasteiger partial charge in [-0.25, -0.2) is 0 Å². The van der Waals surface area contributed by atoms with Crippen molar-refractivity contribution >= 4 is 18.5 Å². The van der Waals surface area contributed by atoms with Gasteiger partial charge >= 0.3 is 0 Å². The van der Waals surface area contributed by atoms with Crippen LogP contribution in [0.1, 0.15) is 26.2 Å². The van der Waals surface area contributed by atoms with Crippen molar-refractivity contribution in [2.45, 2.75) is 31.4 Å². The molecule has 0 rings (SSSR count). The minimum Gasteiger partial charge on any atom is -0.355 e. The Morgan fingerprint density at radius 2 is 2.42 bits per heavy atom. The van der Waals surface area contributed by atoms with E-state index in [1.54, 1.807) is 0 Å². The van der Waals surface area contributed by atoms with E-state index in [1.807, 2.05) is 6.92 Å². The van der Waals surface area contributed by atoms with E-state index in [1.165, 1.54) is 0 Å². The standard InChI is InChI=1S/C9H15NOS/c1-3-4-5-6-9(11)10-7-8(2)12/h1,8,12H,4-7H2,2H3,(H,10,11). The second-order valence-corrected chi connectivity index (χ2v) is 3.59. The second kappa shape index (κ2) is 7.05. The molecule has 1 atom stereocenters. The molecule has 0 fully saturated rings. The van der Waals surface area contributed by atoms with Crippen LogP contribution in [-0.4, -0.2) is 17.7 Å². The van der Waals surface area contributed by atoms with Crippen LogP contribution >= 0.6 is 12.6 Å². The van der Waals surface area contributed by atoms with Gasteiger partial charge in [-0.15, -0.1) is 12.3 Å². The first kappa shape index (κ1) is 11.4. The van der Waals surface area contributed by atoms with E-state index in [2.05, 4.69) is 23.9 Å². The molecule has 0 aliphatic heterocycles. The molecule has 0 saturated heterocycles. The molecule has 0 aromatic rings. The Balaban J connectivity index is 3.29. The average Bonchev–Trinajstić information content (AvgIpc) is 2.01. The van der Waals surface area contributed by atoms with Gasteiger partial charge in [-0.05, 0) is 6.42 Å². The molecule has 0 bridgehead atoms. The highest BCUT2D eigenvalue weighted by atomic mass is 32.1. The number of hydrogen-bond acceptors (Lipinski definition) is 2. The molecule has 1 N–H and O–H groups in total. The topological polar surface area (TPSA) is 29.1 Å². The molecule has 0 heterocycles. The van der Waals surface area contributed by atoms with E-state index >= 15 is 0 Å². The summed E-state index contributed by atoms with van der Waals surface area (Å²) >= 11 is 4.14. The summed E-state index contributed by atoms with van der Waals surface area (Å²) in [6, 6.07) is 0. The van der Waals surface area contributed by atoms with Gasteiger partial charge in [-0.2, -0.15) is 12.6 Å². The summed E-state index contributed by atoms with van der Waals surface area (Å²) in [7, 11) is 0. The van der Waals surface area contributed by atoms with Gasteiger partial charge in [0.1, 0.15) is 0 Å². The van der Waals surface area contributed by atoms with Gasteiger partial charge in [-0.1, -0.05) is 6.92 Å². The van der Waals surface area contributed by atoms with Crippen LogP contribution < -0.4 is 5.32 Å². The Labute approximate surface area is 79.5 Å². The first-order chi connectivity index (χ1) is 5.66. The number of carbonyl (C=O) groups is 1. The van der Waals surface area contributed by atoms with Gasteiger partial charge in [-0.3, -0.25) is 4.79 Å². The third-order valence-electron chi connectivity index (χ3n) is 1.32. The molecular weight excluding hydrogens is 170 g/mol. The third kappa shape index (κ3) is 7.49. The fraction of sp³-hybridized carbons (Fsp3) is 0.667. The fourth-order valence-electron chi connectivity index (χ4n) is 0.701. The molecule has 68 valence electrons. The number of thiol groups is 1. The maximum Gasteiger partial charge on any atom is 0.220 e. The van der Waals surface area contributed by atoms with Gasteiger partial charge in [0, 0.05) is 24.6 Å². The van der Waals surface area contributed by atoms with E-state index in [0.29, 0.717) is 19.4 Å². The van der Waals surface area contributed by atoms with Crippen LogP contribution in [-0.2, 0) is 4.79 Å². The molecule has 2 nitrogen and oxygen atoms in total. The lowest BCUT2D eigenvalue weighted by molar-refractivity contribution is -0.121. The van der Waals surface area contributed by atoms with Crippen LogP contribution in [0.5, 0.6) is 0 Å². The number of unbranched alkanes of at least 4 members (excludes halogenated alkanes) is 1. The van der Waals surface area contributed by atoms with Crippen molar-refractivity contribution in [3.05, 3.63) is 0 Å². The summed E-state index contributed by atoms with van der Waals surface area (Å²) in [6.45, 7) is 2.56. The van der Waals surface area contributed by atoms with Gasteiger partial charge in [0.05, 0.1) is 0 Å². The summed E-state index contributed by atoms with van der Waals surface area (Å²) in [5, 5.41) is 2.97. The molecule has 3 heteroatoms. The Kier molecular flexibility index (Phi) is 6.69. The zero-order valence-electron chi connectivity index (χ0n) is 7.34. The Morgan fingerprint density at radius 3 is 2.92 bits per heavy atom. The highest BCUT2D eigenvalue weighted by Crippen LogP contribution is 1.94. The van der Waals surface area contributed by atoms with Gasteiger partial charge in [0.2, 0.25) is 5.91 Å². The lowest BCUT2D eigenvalue weighted by Gasteiger charge is -2.05. The van der Waals surface area contributed by atoms with Gasteiger partial charge < -0.3 is 5.32 Å². The minimum absolute atomic E-state index is 0.0613. The van der Waals surface area contributed by atoms with Crippen molar-refractivity contribution in [1.82, 2.24) is 5.32 Å². The molecule has 0 radical (unpaired) electrons. The van der Waals surface area contributed by atoms with Crippen LogP contribution in [0.25, 0.3) is 0 Å². The Bertz CT molecular complexity index is 172. The largest absolute Gasteiger partial charge is 0.355 e. The van der Waals surface area contributed by atoms with Crippen molar-refractivity contribution in [2.24, 2.45) is 0 Å². The molecule has 0 saturated carbocycles. The highest BCUT2D eigenvalue weighted by molar-refractivity contribution is 7.80. The Hall–Kier alpha value is -0.620. The van der Waals surface area contributed by atoms with Gasteiger partial charge in [0.15, 0.2) is 0 Å². The second-order valence-electron chi connectivity index (χ2n) is 2.71. The molecule has 0 spiro atoms. The normalized spacial score (nSPS) is 11.8. The molecule has 12 heavy (non-hydrogen) atoms. The van der Waals surface area contributed by atoms with Crippen molar-refractivity contribution in [2.75, 3.05) is 6.54 Å². The molecule has 0 aromatic carbocycles. The van der Waals surface area contributed by atoms with E-state index in [4.69, 9.17) is 6.42 Å². The number of amides is 1. The summed E-state index contributed by atoms with van der Waals surface area (Å²) < 4.78 is 0. The van der Waals surface area contributed by atoms with Crippen LogP contribution in [0.2, 0.25) is 0 Å². The third-order valence-corrected chi connectivity index (χ3v) is 1.50. The average molecular weight is 185 g/mol. The quantitative estimate of drug-likeness (QED) is 0.376. The zero-order valence-corrected chi connectivity index (χ0v) is 8.23. The predicted molar refractivity (Wildman–Crippen MR) is 54.1 cm³/mol. The SMILES string of the molecule is C#CCCCC(=O)NCC(C)S. The lowest BCUT2D eigenvalue weighted by Crippen LogP contribution is -2.28. The first-order valence-corrected chi connectivity index (χ1v) is 4.56. The zero-order chi connectivity index (χ0) is 9.40. The summed E-state index contributed by atoms with van der Waals surface area (Å²) in [4.78, 5) is 11.0. The van der Waals surface area contributed by atoms with Gasteiger partial charge in [0.25, 0.3) is 0 Å². The minimum atomic E-state index is 0.0613. The van der Waals surface area contributed by atoms with Crippen LogP contribution in [0.4, 0.5) is 0 Å². The van der Waals surface area contributed by atoms with Crippen LogP contribution in [0.3, 0.4) is 0 Å². The molecule has 0 aromatic heterocycles. The smallest absolute Gasteiger partial charge is 0.220 e. The fourth-order valence-corrected chi connectivity index (χ4v) is 0.792. The van der Waals surface area contributed by atoms with Crippen molar-refractivity contribution in [3.8, 4) is 12.3 Å². The van der Waals surface area contributed by atoms with Crippen LogP contribution in [0.15, 0.2) is 0 Å². The van der Waals surface area contributed by atoms with E-state index < -0.39 is 0 Å². The molecule has 1 amide bonds. The number of nitrogens with one attached hydrogen (secondary N) is 1. The number of rotatable bonds is 5. The summed E-state index contributed by atoms with van der Waals surface area (Å²) in [5.74, 6) is 2.55. The van der Waals surface area contributed by atoms with Crippen molar-refractivity contribution in [1.29, 1.82) is 0 Å². The first-order valence-electron chi connectivity index (χ1n) is 4.05. The molecular formula is C9H15NOS. The summed E-state index contributed by atoms with van der Waals surface area (Å²) in [5.41, 5.74) is 0. The lowest BCUT2D eigenvalue weighted by atomic mass is 10.2. The van der Waals surface area contributed by atoms with E-state index in [0.717, 1.165) is 6.42 Å². The van der Waals surface area contributed by atoms with Crippen LogP contribution in [0, 0.1) is 12.3 Å². The van der Waals surface area contributed by atoms with Crippen molar-refractivity contribution < 1.29 is 4.79 Å². The Morgan fingerprint density at radius 1 is 1.75 bits per heavy atom.